The molecule has 0 spiro atoms. The van der Waals surface area contributed by atoms with E-state index in [0.29, 0.717) is 17.3 Å². The molecule has 1 heterocycles. The molecule has 0 radical (unpaired) electrons. The minimum absolute atomic E-state index is 0.0341. The number of amides is 1. The fraction of sp³-hybridized carbons (Fsp3) is 0.538. The van der Waals surface area contributed by atoms with Gasteiger partial charge in [0, 0.05) is 13.1 Å². The average Bonchev–Trinajstić information content (AvgIpc) is 3.35. The molecule has 33 heavy (non-hydrogen) atoms. The number of Topliss-reactive ketones (excluding diaryl/α,β-unsaturated/α-hetero) is 1. The summed E-state index contributed by atoms with van der Waals surface area (Å²) < 4.78 is 10.9. The van der Waals surface area contributed by atoms with Crippen molar-refractivity contribution in [2.75, 3.05) is 26.0 Å². The van der Waals surface area contributed by atoms with Gasteiger partial charge in [0.15, 0.2) is 12.4 Å². The number of furan rings is 1. The van der Waals surface area contributed by atoms with Gasteiger partial charge in [-0.25, -0.2) is 0 Å². The van der Waals surface area contributed by atoms with Crippen LogP contribution in [0.3, 0.4) is 0 Å². The molecule has 1 N–H and O–H groups in total. The van der Waals surface area contributed by atoms with Gasteiger partial charge in [0.1, 0.15) is 11.5 Å². The number of thioether (sulfide) groups is 1. The molecule has 0 saturated carbocycles. The van der Waals surface area contributed by atoms with Crippen molar-refractivity contribution in [3.05, 3.63) is 54.5 Å². The maximum Gasteiger partial charge on any atom is 0.260 e. The van der Waals surface area contributed by atoms with Crippen molar-refractivity contribution in [1.29, 1.82) is 0 Å². The molecular weight excluding hydrogens is 436 g/mol. The molecule has 0 saturated heterocycles. The molecule has 2 atom stereocenters. The molecule has 0 aliphatic rings. The van der Waals surface area contributed by atoms with E-state index in [1.54, 1.807) is 22.9 Å². The minimum atomic E-state index is -0.108. The lowest BCUT2D eigenvalue weighted by Crippen LogP contribution is -2.40. The summed E-state index contributed by atoms with van der Waals surface area (Å²) in [5, 5.41) is 3.45. The SMILES string of the molecule is CCCCC(NCCCC(C)N(C)C(=O)COc1ccccc1)C(=O)CSCc1ccco1. The second-order valence-electron chi connectivity index (χ2n) is 8.29. The highest BCUT2D eigenvalue weighted by Crippen LogP contribution is 2.15. The zero-order chi connectivity index (χ0) is 23.9. The number of para-hydroxylation sites is 1. The van der Waals surface area contributed by atoms with E-state index in [1.807, 2.05) is 56.4 Å². The molecule has 2 aromatic rings. The molecule has 1 aromatic carbocycles. The summed E-state index contributed by atoms with van der Waals surface area (Å²) in [6, 6.07) is 13.2. The zero-order valence-corrected chi connectivity index (χ0v) is 20.9. The van der Waals surface area contributed by atoms with Crippen LogP contribution in [-0.4, -0.2) is 54.6 Å². The minimum Gasteiger partial charge on any atom is -0.484 e. The molecule has 0 aliphatic carbocycles. The van der Waals surface area contributed by atoms with Gasteiger partial charge < -0.3 is 19.4 Å². The van der Waals surface area contributed by atoms with Gasteiger partial charge >= 0.3 is 0 Å². The Kier molecular flexibility index (Phi) is 12.7. The van der Waals surface area contributed by atoms with Gasteiger partial charge in [-0.05, 0) is 57.0 Å². The largest absolute Gasteiger partial charge is 0.484 e. The Morgan fingerprint density at radius 2 is 1.91 bits per heavy atom. The number of ether oxygens (including phenoxy) is 1. The van der Waals surface area contributed by atoms with Crippen LogP contribution in [0.25, 0.3) is 0 Å². The number of rotatable bonds is 17. The second-order valence-corrected chi connectivity index (χ2v) is 9.27. The van der Waals surface area contributed by atoms with E-state index >= 15 is 0 Å². The molecule has 0 bridgehead atoms. The number of hydrogen-bond acceptors (Lipinski definition) is 6. The van der Waals surface area contributed by atoms with E-state index in [0.717, 1.165) is 44.4 Å². The van der Waals surface area contributed by atoms with Crippen molar-refractivity contribution in [3.63, 3.8) is 0 Å². The maximum atomic E-state index is 12.7. The van der Waals surface area contributed by atoms with Crippen LogP contribution in [0, 0.1) is 0 Å². The lowest BCUT2D eigenvalue weighted by atomic mass is 10.1. The third-order valence-electron chi connectivity index (χ3n) is 5.65. The smallest absolute Gasteiger partial charge is 0.260 e. The summed E-state index contributed by atoms with van der Waals surface area (Å²) >= 11 is 1.60. The van der Waals surface area contributed by atoms with Crippen LogP contribution in [0.2, 0.25) is 0 Å². The number of hydrogen-bond donors (Lipinski definition) is 1. The Bertz CT molecular complexity index is 798. The van der Waals surface area contributed by atoms with E-state index in [4.69, 9.17) is 9.15 Å². The van der Waals surface area contributed by atoms with Gasteiger partial charge in [0.05, 0.1) is 23.8 Å². The summed E-state index contributed by atoms with van der Waals surface area (Å²) in [7, 11) is 1.82. The Labute approximate surface area is 202 Å². The van der Waals surface area contributed by atoms with E-state index in [1.165, 1.54) is 0 Å². The van der Waals surface area contributed by atoms with E-state index in [-0.39, 0.29) is 30.4 Å². The number of carbonyl (C=O) groups is 2. The molecule has 1 aromatic heterocycles. The van der Waals surface area contributed by atoms with Gasteiger partial charge in [-0.15, -0.1) is 11.8 Å². The maximum absolute atomic E-state index is 12.7. The molecule has 182 valence electrons. The van der Waals surface area contributed by atoms with Crippen LogP contribution in [0.1, 0.15) is 51.7 Å². The summed E-state index contributed by atoms with van der Waals surface area (Å²) in [6.07, 6.45) is 6.38. The summed E-state index contributed by atoms with van der Waals surface area (Å²) in [6.45, 7) is 4.98. The molecule has 6 nitrogen and oxygen atoms in total. The highest BCUT2D eigenvalue weighted by atomic mass is 32.2. The summed E-state index contributed by atoms with van der Waals surface area (Å²) in [5.41, 5.74) is 0. The predicted octanol–water partition coefficient (Wildman–Crippen LogP) is 4.94. The van der Waals surface area contributed by atoms with Gasteiger partial charge in [-0.3, -0.25) is 9.59 Å². The number of ketones is 1. The number of carbonyl (C=O) groups excluding carboxylic acids is 2. The van der Waals surface area contributed by atoms with Gasteiger partial charge in [0.2, 0.25) is 0 Å². The van der Waals surface area contributed by atoms with Crippen LogP contribution in [0.5, 0.6) is 5.75 Å². The van der Waals surface area contributed by atoms with Gasteiger partial charge in [-0.2, -0.15) is 0 Å². The first kappa shape index (κ1) is 27.0. The molecule has 2 rings (SSSR count). The third kappa shape index (κ3) is 10.5. The number of nitrogens with one attached hydrogen (secondary N) is 1. The van der Waals surface area contributed by atoms with E-state index in [2.05, 4.69) is 12.2 Å². The normalized spacial score (nSPS) is 12.8. The number of nitrogens with zero attached hydrogens (tertiary/aromatic N) is 1. The first-order valence-corrected chi connectivity index (χ1v) is 13.0. The Morgan fingerprint density at radius 1 is 1.12 bits per heavy atom. The van der Waals surface area contributed by atoms with Crippen LogP contribution in [0.4, 0.5) is 0 Å². The average molecular weight is 475 g/mol. The van der Waals surface area contributed by atoms with Crippen LogP contribution < -0.4 is 10.1 Å². The highest BCUT2D eigenvalue weighted by Gasteiger charge is 2.19. The number of benzene rings is 1. The lowest BCUT2D eigenvalue weighted by Gasteiger charge is -2.25. The Morgan fingerprint density at radius 3 is 2.61 bits per heavy atom. The van der Waals surface area contributed by atoms with Crippen molar-refractivity contribution in [2.45, 2.75) is 63.8 Å². The van der Waals surface area contributed by atoms with Crippen molar-refractivity contribution in [1.82, 2.24) is 10.2 Å². The third-order valence-corrected chi connectivity index (χ3v) is 6.63. The van der Waals surface area contributed by atoms with Crippen molar-refractivity contribution >= 4 is 23.5 Å². The van der Waals surface area contributed by atoms with Crippen LogP contribution in [-0.2, 0) is 15.3 Å². The predicted molar refractivity (Wildman–Crippen MR) is 135 cm³/mol. The lowest BCUT2D eigenvalue weighted by molar-refractivity contribution is -0.134. The fourth-order valence-corrected chi connectivity index (χ4v) is 4.28. The van der Waals surface area contributed by atoms with Crippen LogP contribution >= 0.6 is 11.8 Å². The van der Waals surface area contributed by atoms with Crippen LogP contribution in [0.15, 0.2) is 53.1 Å². The molecule has 1 amide bonds. The first-order chi connectivity index (χ1) is 16.0. The molecule has 0 fully saturated rings. The molecule has 7 heteroatoms. The summed E-state index contributed by atoms with van der Waals surface area (Å²) in [4.78, 5) is 26.9. The van der Waals surface area contributed by atoms with Crippen molar-refractivity contribution < 1.29 is 18.7 Å². The number of unbranched alkanes of at least 4 members (excludes halogenated alkanes) is 1. The standard InChI is InChI=1S/C26H38N2O4S/c1-4-5-15-24(25(29)20-33-19-23-14-10-17-31-23)27-16-9-11-21(2)28(3)26(30)18-32-22-12-7-6-8-13-22/h6-8,10,12-14,17,21,24,27H,4-5,9,11,15-16,18-20H2,1-3H3. The quantitative estimate of drug-likeness (QED) is 0.328. The van der Waals surface area contributed by atoms with E-state index < -0.39 is 0 Å². The van der Waals surface area contributed by atoms with Gasteiger partial charge in [0.25, 0.3) is 5.91 Å². The molecule has 0 aliphatic heterocycles. The molecular formula is C26H38N2O4S. The van der Waals surface area contributed by atoms with Gasteiger partial charge in [-0.1, -0.05) is 38.0 Å². The van der Waals surface area contributed by atoms with Crippen molar-refractivity contribution in [2.24, 2.45) is 0 Å². The highest BCUT2D eigenvalue weighted by molar-refractivity contribution is 7.99. The monoisotopic (exact) mass is 474 g/mol. The summed E-state index contributed by atoms with van der Waals surface area (Å²) in [5.74, 6) is 3.00. The molecule has 2 unspecified atom stereocenters. The van der Waals surface area contributed by atoms with E-state index in [9.17, 15) is 9.59 Å². The number of likely N-dealkylation sites (N-methyl/N-ethyl adjacent to an activating group) is 1. The zero-order valence-electron chi connectivity index (χ0n) is 20.1. The second kappa shape index (κ2) is 15.6. The Hall–Kier alpha value is -2.25. The topological polar surface area (TPSA) is 71.8 Å². The first-order valence-electron chi connectivity index (χ1n) is 11.8. The Balaban J connectivity index is 1.67. The fourth-order valence-electron chi connectivity index (χ4n) is 3.41. The van der Waals surface area contributed by atoms with Crippen molar-refractivity contribution in [3.8, 4) is 5.75 Å².